The maximum atomic E-state index is 3.06. The molecule has 12 heteroatoms. The topological polar surface area (TPSA) is 4.93 Å². The number of nitrogens with zero attached hydrogens (tertiary/aromatic N) is 1. The van der Waals surface area contributed by atoms with Gasteiger partial charge in [-0.3, -0.25) is 0 Å². The van der Waals surface area contributed by atoms with E-state index in [1.54, 1.807) is 0 Å². The van der Waals surface area contributed by atoms with E-state index in [0.717, 1.165) is 0 Å². The van der Waals surface area contributed by atoms with Crippen LogP contribution in [0.15, 0.2) is 0 Å². The summed E-state index contributed by atoms with van der Waals surface area (Å²) in [4.78, 5) is 0. The van der Waals surface area contributed by atoms with E-state index in [1.807, 2.05) is 39.7 Å². The van der Waals surface area contributed by atoms with Gasteiger partial charge in [-0.25, -0.2) is 0 Å². The van der Waals surface area contributed by atoms with Crippen molar-refractivity contribution in [3.63, 3.8) is 0 Å². The van der Waals surface area contributed by atoms with Crippen LogP contribution < -0.4 is 6.04 Å². The van der Waals surface area contributed by atoms with Crippen molar-refractivity contribution in [2.24, 2.45) is 0 Å². The van der Waals surface area contributed by atoms with Crippen LogP contribution in [0.2, 0.25) is 0 Å². The first kappa shape index (κ1) is 38.3. The van der Waals surface area contributed by atoms with Crippen LogP contribution in [-0.4, -0.2) is 0.0986 Å². The molecule has 0 saturated heterocycles. The summed E-state index contributed by atoms with van der Waals surface area (Å²) in [5.41, 5.74) is 11.4. The van der Waals surface area contributed by atoms with Crippen LogP contribution in [0.4, 0.5) is 0 Å². The Morgan fingerprint density at radius 2 is 0.633 bits per heavy atom. The van der Waals surface area contributed by atoms with E-state index in [1.165, 1.54) is 0 Å². The average molecular weight is 2730 g/mol. The second kappa shape index (κ2) is 17.9. The Morgan fingerprint density at radius 3 is 0.867 bits per heavy atom. The molecule has 0 unspecified atom stereocenters. The first-order valence-electron chi connectivity index (χ1n) is 11.1. The fourth-order valence-electron chi connectivity index (χ4n) is 5.39. The zero-order valence-corrected chi connectivity index (χ0v) is 112. The molecule has 116 valence electrons. The van der Waals surface area contributed by atoms with Gasteiger partial charge in [0.25, 0.3) is 0 Å². The molecule has 0 saturated carbocycles. The Labute approximate surface area is 502 Å². The molecule has 0 amide bonds. The van der Waals surface area contributed by atoms with E-state index in [2.05, 4.69) is 13.9 Å². The van der Waals surface area contributed by atoms with Crippen LogP contribution >= 0.6 is 0 Å². The molecular formula is C18H17NRa11. The van der Waals surface area contributed by atoms with Crippen molar-refractivity contribution in [3.05, 3.63) is 11.1 Å². The van der Waals surface area contributed by atoms with Gasteiger partial charge in [-0.15, -0.1) is 0 Å². The van der Waals surface area contributed by atoms with E-state index >= 15 is 0 Å². The van der Waals surface area contributed by atoms with Crippen LogP contribution in [0.25, 0.3) is 22.5 Å². The standard InChI is InChI=1S/C18H6N.11Ra.11H/c1-13-3-7-15(8-4-13)17-11-12-18(19-17)16-9-5-14(2)6-10-16;;;;;;;;;;;;;;;;;;;;;;/h1-2H3;;;;;;;;;;;;;;;;;;;;;;/q-1;;;;;;;;;;;+1;;;;;;;;;;;. The molecule has 2 aromatic carbocycles. The first-order chi connectivity index (χ1) is 13.8. The monoisotopic (exact) mass is 2730 g/mol. The average Bonchev–Trinajstić information content (AvgIpc) is 2.92. The summed E-state index contributed by atoms with van der Waals surface area (Å²) in [7, 11) is 0. The van der Waals surface area contributed by atoms with Gasteiger partial charge in [-0.05, 0) is 0 Å². The summed E-state index contributed by atoms with van der Waals surface area (Å²) < 4.78 is 22.8. The summed E-state index contributed by atoms with van der Waals surface area (Å²) in [5, 5.41) is 0. The third-order valence-electron chi connectivity index (χ3n) is 8.42. The van der Waals surface area contributed by atoms with Gasteiger partial charge in [0.2, 0.25) is 0 Å². The fraction of sp³-hybridized carbons (Fsp3) is 0.111. The quantitative estimate of drug-likeness (QED) is 0.241. The van der Waals surface area contributed by atoms with Crippen molar-refractivity contribution < 1.29 is 471 Å². The Morgan fingerprint density at radius 1 is 0.400 bits per heavy atom. The Hall–Kier alpha value is 13.9. The maximum absolute atomic E-state index is 3.06. The molecule has 0 aliphatic rings. The van der Waals surface area contributed by atoms with Crippen LogP contribution in [0.5, 0.6) is 0 Å². The van der Waals surface area contributed by atoms with Crippen molar-refractivity contribution in [1.82, 2.24) is 0.0986 Å². The summed E-state index contributed by atoms with van der Waals surface area (Å²) in [5.74, 6) is 0. The van der Waals surface area contributed by atoms with Crippen LogP contribution in [0.3, 0.4) is 0 Å². The number of hydrogen-bond acceptors (Lipinski definition) is 0. The van der Waals surface area contributed by atoms with Gasteiger partial charge in [0, 0.05) is 0 Å². The molecule has 0 atom stereocenters. The van der Waals surface area contributed by atoms with E-state index in [9.17, 15) is 0 Å². The molecule has 3 aromatic rings. The van der Waals surface area contributed by atoms with Crippen molar-refractivity contribution >= 4 is 6.04 Å². The van der Waals surface area contributed by atoms with Crippen molar-refractivity contribution in [2.45, 2.75) is 13.8 Å². The van der Waals surface area contributed by atoms with Crippen LogP contribution in [0, 0.1) is 485 Å². The fourth-order valence-corrected chi connectivity index (χ4v) is 92.1. The zero-order valence-electron chi connectivity index (χ0n) is 21.4. The Balaban J connectivity index is 2.48. The summed E-state index contributed by atoms with van der Waals surface area (Å²) >= 11 is 5.31. The molecular weight excluding hydrogens is 2720 g/mol. The van der Waals surface area contributed by atoms with E-state index in [0.29, 0.717) is 471 Å². The third-order valence-corrected chi connectivity index (χ3v) is 152. The number of rotatable bonds is 2. The molecule has 0 aliphatic carbocycles. The molecule has 0 radical (unpaired) electrons. The SMILES string of the molecule is Cc1[c]([RaH])[c]([RaH])c(-c2[c]([RaH])[c]([RaH])c(-c3[c]([RaH])[c]([RaH])c(C)[c]([RaH])[c]3[RaH])[n]2[RaH])[c]([RaH])[c]1[RaH]. The molecule has 0 aliphatic heterocycles. The van der Waals surface area contributed by atoms with Gasteiger partial charge < -0.3 is 0 Å². The zero-order chi connectivity index (χ0) is 22.8. The molecule has 1 heterocycles. The number of benzene rings is 2. The van der Waals surface area contributed by atoms with Gasteiger partial charge in [-0.1, -0.05) is 0 Å². The van der Waals surface area contributed by atoms with E-state index in [4.69, 9.17) is 0 Å². The second-order valence-corrected chi connectivity index (χ2v) is 54.3. The Kier molecular flexibility index (Phi) is 22.8. The van der Waals surface area contributed by atoms with Gasteiger partial charge in [-0.2, -0.15) is 0 Å². The van der Waals surface area contributed by atoms with Gasteiger partial charge in [0.1, 0.15) is 0 Å². The van der Waals surface area contributed by atoms with E-state index in [-0.39, 0.29) is 0 Å². The van der Waals surface area contributed by atoms with Crippen molar-refractivity contribution in [2.75, 3.05) is 0 Å². The summed E-state index contributed by atoms with van der Waals surface area (Å²) in [6.07, 6.45) is 0. The molecule has 0 N–H and O–H groups in total. The van der Waals surface area contributed by atoms with Crippen LogP contribution in [0.1, 0.15) is 11.1 Å². The third kappa shape index (κ3) is 8.66. The van der Waals surface area contributed by atoms with Crippen molar-refractivity contribution in [3.8, 4) is 22.5 Å². The second-order valence-electron chi connectivity index (χ2n) is 9.51. The molecule has 0 spiro atoms. The molecule has 3 rings (SSSR count). The predicted octanol–water partition coefficient (Wildman–Crippen LogP) is -6.45. The molecule has 0 fully saturated rings. The minimum absolute atomic E-state index is 0.365. The van der Waals surface area contributed by atoms with Gasteiger partial charge >= 0.3 is 525 Å². The van der Waals surface area contributed by atoms with Gasteiger partial charge in [0.05, 0.1) is 0 Å². The number of aromatic nitrogens is 1. The molecule has 1 aromatic heterocycles. The van der Waals surface area contributed by atoms with Crippen molar-refractivity contribution in [1.29, 1.82) is 0 Å². The number of hydrogen-bond donors (Lipinski definition) is 0. The summed E-state index contributed by atoms with van der Waals surface area (Å²) in [6.45, 7) is 5.03. The minimum atomic E-state index is 0.365. The summed E-state index contributed by atoms with van der Waals surface area (Å²) in [6, 6.07) is 0. The molecule has 1 nitrogen and oxygen atoms in total. The molecule has 0 bridgehead atoms. The first-order valence-corrected chi connectivity index (χ1v) is 55.9. The van der Waals surface area contributed by atoms with E-state index < -0.39 is 0 Å². The normalized spacial score (nSPS) is 10.8. The Bertz CT molecular complexity index is 1080. The molecule has 30 heavy (non-hydrogen) atoms. The predicted molar refractivity (Wildman–Crippen MR) is 91.9 cm³/mol. The van der Waals surface area contributed by atoms with Gasteiger partial charge in [0.15, 0.2) is 0 Å². The van der Waals surface area contributed by atoms with Crippen LogP contribution in [-0.2, 0) is 0 Å².